The van der Waals surface area contributed by atoms with Gasteiger partial charge in [0.05, 0.1) is 0 Å². The molecule has 1 N–H and O–H groups in total. The summed E-state index contributed by atoms with van der Waals surface area (Å²) < 4.78 is 33.8. The average molecular weight is 358 g/mol. The third-order valence-corrected chi connectivity index (χ3v) is 4.53. The summed E-state index contributed by atoms with van der Waals surface area (Å²) in [4.78, 5) is 0.496. The summed E-state index contributed by atoms with van der Waals surface area (Å²) in [7, 11) is 1.75. The van der Waals surface area contributed by atoms with Crippen molar-refractivity contribution in [3.8, 4) is 11.5 Å². The van der Waals surface area contributed by atoms with E-state index in [-0.39, 0.29) is 11.6 Å². The first-order valence-corrected chi connectivity index (χ1v) is 8.64. The van der Waals surface area contributed by atoms with Crippen LogP contribution in [0.15, 0.2) is 35.2 Å². The summed E-state index contributed by atoms with van der Waals surface area (Å²) in [5.41, 5.74) is 0.625. The Morgan fingerprint density at radius 2 is 1.91 bits per heavy atom. The predicted molar refractivity (Wildman–Crippen MR) is 91.7 cm³/mol. The van der Waals surface area contributed by atoms with Crippen molar-refractivity contribution in [2.24, 2.45) is 0 Å². The topological polar surface area (TPSA) is 21.3 Å². The van der Waals surface area contributed by atoms with E-state index in [4.69, 9.17) is 16.3 Å². The molecular weight excluding hydrogens is 340 g/mol. The third-order valence-electron chi connectivity index (χ3n) is 3.06. The van der Waals surface area contributed by atoms with E-state index in [1.54, 1.807) is 19.2 Å². The van der Waals surface area contributed by atoms with Crippen molar-refractivity contribution in [1.82, 2.24) is 5.32 Å². The van der Waals surface area contributed by atoms with Gasteiger partial charge in [0.15, 0.2) is 11.6 Å². The predicted octanol–water partition coefficient (Wildman–Crippen LogP) is 5.63. The van der Waals surface area contributed by atoms with E-state index in [2.05, 4.69) is 5.32 Å². The van der Waals surface area contributed by atoms with Gasteiger partial charge in [0.2, 0.25) is 0 Å². The van der Waals surface area contributed by atoms with Gasteiger partial charge in [-0.2, -0.15) is 0 Å². The molecule has 0 heterocycles. The number of hydrogen-bond donors (Lipinski definition) is 1. The van der Waals surface area contributed by atoms with Gasteiger partial charge in [0, 0.05) is 22.0 Å². The molecule has 2 aromatic rings. The highest BCUT2D eigenvalue weighted by atomic mass is 35.5. The van der Waals surface area contributed by atoms with Crippen LogP contribution in [-0.2, 0) is 6.54 Å². The Balaban J connectivity index is 2.37. The monoisotopic (exact) mass is 357 g/mol. The minimum Gasteiger partial charge on any atom is -0.454 e. The van der Waals surface area contributed by atoms with E-state index in [0.717, 1.165) is 12.2 Å². The molecule has 0 atom stereocenters. The Bertz CT molecular complexity index is 682. The Morgan fingerprint density at radius 1 is 1.13 bits per heavy atom. The summed E-state index contributed by atoms with van der Waals surface area (Å²) in [5.74, 6) is 0.444. The maximum atomic E-state index is 14.2. The first-order valence-electron chi connectivity index (χ1n) is 7.27. The molecule has 0 bridgehead atoms. The number of nitrogens with one attached hydrogen (secondary N) is 1. The zero-order valence-electron chi connectivity index (χ0n) is 13.0. The Hall–Kier alpha value is -1.30. The second-order valence-electron chi connectivity index (χ2n) is 4.95. The summed E-state index contributed by atoms with van der Waals surface area (Å²) in [6, 6.07) is 7.25. The number of thioether (sulfide) groups is 1. The van der Waals surface area contributed by atoms with Crippen molar-refractivity contribution >= 4 is 23.4 Å². The van der Waals surface area contributed by atoms with Crippen molar-refractivity contribution < 1.29 is 13.5 Å². The highest BCUT2D eigenvalue weighted by Gasteiger charge is 2.14. The number of hydrogen-bond acceptors (Lipinski definition) is 3. The quantitative estimate of drug-likeness (QED) is 0.648. The van der Waals surface area contributed by atoms with Crippen LogP contribution < -0.4 is 10.1 Å². The zero-order valence-corrected chi connectivity index (χ0v) is 14.5. The van der Waals surface area contributed by atoms with Gasteiger partial charge in [-0.05, 0) is 49.6 Å². The Kier molecular flexibility index (Phi) is 6.69. The second kappa shape index (κ2) is 8.52. The minimum absolute atomic E-state index is 0.0600. The summed E-state index contributed by atoms with van der Waals surface area (Å²) in [5, 5.41) is 3.25. The molecule has 0 aliphatic heterocycles. The highest BCUT2D eigenvalue weighted by Crippen LogP contribution is 2.34. The molecule has 0 amide bonds. The number of rotatable bonds is 7. The highest BCUT2D eigenvalue weighted by molar-refractivity contribution is 7.99. The van der Waals surface area contributed by atoms with E-state index >= 15 is 0 Å². The van der Waals surface area contributed by atoms with Gasteiger partial charge in [-0.3, -0.25) is 0 Å². The Morgan fingerprint density at radius 3 is 2.57 bits per heavy atom. The molecule has 0 aromatic heterocycles. The van der Waals surface area contributed by atoms with Crippen LogP contribution >= 0.6 is 23.4 Å². The molecule has 0 aliphatic rings. The molecular formula is C17H18ClF2NOS. The average Bonchev–Trinajstić information content (AvgIpc) is 2.51. The number of halogens is 3. The van der Waals surface area contributed by atoms with E-state index in [1.807, 2.05) is 6.92 Å². The standard InChI is InChI=1S/C17H18ClF2NOS/c1-3-6-23-17-9-16(11(10-21-2)7-14(17)20)22-15-5-4-12(18)8-13(15)19/h4-5,7-9,21H,3,6,10H2,1-2H3. The van der Waals surface area contributed by atoms with Crippen LogP contribution in [0.3, 0.4) is 0 Å². The van der Waals surface area contributed by atoms with E-state index < -0.39 is 5.82 Å². The zero-order chi connectivity index (χ0) is 16.8. The van der Waals surface area contributed by atoms with Gasteiger partial charge in [-0.15, -0.1) is 11.8 Å². The summed E-state index contributed by atoms with van der Waals surface area (Å²) >= 11 is 7.16. The van der Waals surface area contributed by atoms with E-state index in [9.17, 15) is 8.78 Å². The molecule has 0 spiro atoms. The van der Waals surface area contributed by atoms with Crippen molar-refractivity contribution in [2.45, 2.75) is 24.8 Å². The van der Waals surface area contributed by atoms with Crippen molar-refractivity contribution in [3.05, 3.63) is 52.6 Å². The number of ether oxygens (including phenoxy) is 1. The van der Waals surface area contributed by atoms with Crippen LogP contribution in [0, 0.1) is 11.6 Å². The van der Waals surface area contributed by atoms with Crippen LogP contribution in [0.25, 0.3) is 0 Å². The fourth-order valence-electron chi connectivity index (χ4n) is 2.00. The molecule has 0 unspecified atom stereocenters. The molecule has 0 fully saturated rings. The molecule has 0 saturated carbocycles. The summed E-state index contributed by atoms with van der Waals surface area (Å²) in [6.45, 7) is 2.45. The van der Waals surface area contributed by atoms with Gasteiger partial charge in [-0.25, -0.2) is 8.78 Å². The molecule has 2 nitrogen and oxygen atoms in total. The van der Waals surface area contributed by atoms with Crippen molar-refractivity contribution in [2.75, 3.05) is 12.8 Å². The molecule has 0 saturated heterocycles. The first-order chi connectivity index (χ1) is 11.0. The van der Waals surface area contributed by atoms with E-state index in [0.29, 0.717) is 27.8 Å². The van der Waals surface area contributed by atoms with Gasteiger partial charge >= 0.3 is 0 Å². The third kappa shape index (κ3) is 4.83. The van der Waals surface area contributed by atoms with Gasteiger partial charge in [-0.1, -0.05) is 18.5 Å². The Labute approximate surface area is 144 Å². The molecule has 0 aliphatic carbocycles. The molecule has 6 heteroatoms. The number of benzene rings is 2. The van der Waals surface area contributed by atoms with Crippen molar-refractivity contribution in [1.29, 1.82) is 0 Å². The summed E-state index contributed by atoms with van der Waals surface area (Å²) in [6.07, 6.45) is 0.935. The molecule has 2 aromatic carbocycles. The van der Waals surface area contributed by atoms with Crippen LogP contribution in [0.2, 0.25) is 5.02 Å². The fraction of sp³-hybridized carbons (Fsp3) is 0.294. The van der Waals surface area contributed by atoms with Gasteiger partial charge in [0.1, 0.15) is 11.6 Å². The van der Waals surface area contributed by atoms with Gasteiger partial charge < -0.3 is 10.1 Å². The van der Waals surface area contributed by atoms with E-state index in [1.165, 1.54) is 30.0 Å². The van der Waals surface area contributed by atoms with Gasteiger partial charge in [0.25, 0.3) is 0 Å². The normalized spacial score (nSPS) is 10.8. The molecule has 0 radical (unpaired) electrons. The molecule has 23 heavy (non-hydrogen) atoms. The van der Waals surface area contributed by atoms with Crippen LogP contribution in [0.4, 0.5) is 8.78 Å². The van der Waals surface area contributed by atoms with Crippen LogP contribution in [-0.4, -0.2) is 12.8 Å². The van der Waals surface area contributed by atoms with Crippen LogP contribution in [0.5, 0.6) is 11.5 Å². The lowest BCUT2D eigenvalue weighted by atomic mass is 10.2. The smallest absolute Gasteiger partial charge is 0.167 e. The largest absolute Gasteiger partial charge is 0.454 e. The minimum atomic E-state index is -0.556. The lowest BCUT2D eigenvalue weighted by molar-refractivity contribution is 0.433. The maximum Gasteiger partial charge on any atom is 0.167 e. The second-order valence-corrected chi connectivity index (χ2v) is 6.52. The van der Waals surface area contributed by atoms with Crippen molar-refractivity contribution in [3.63, 3.8) is 0 Å². The lowest BCUT2D eigenvalue weighted by Gasteiger charge is -2.14. The molecule has 2 rings (SSSR count). The maximum absolute atomic E-state index is 14.2. The SMILES string of the molecule is CCCSc1cc(Oc2ccc(Cl)cc2F)c(CNC)cc1F. The fourth-order valence-corrected chi connectivity index (χ4v) is 2.97. The van der Waals surface area contributed by atoms with Crippen LogP contribution in [0.1, 0.15) is 18.9 Å². The molecule has 124 valence electrons. The first kappa shape index (κ1) is 18.0. The lowest BCUT2D eigenvalue weighted by Crippen LogP contribution is -2.07.